The number of aryl methyl sites for hydroxylation is 2. The first-order valence-electron chi connectivity index (χ1n) is 8.69. The Labute approximate surface area is 147 Å². The molecule has 126 valence electrons. The molecular weight excluding hydrogens is 310 g/mol. The Balaban J connectivity index is 1.87. The molecule has 2 aromatic carbocycles. The van der Waals surface area contributed by atoms with Crippen molar-refractivity contribution >= 4 is 5.91 Å². The molecule has 1 aromatic heterocycles. The van der Waals surface area contributed by atoms with E-state index in [-0.39, 0.29) is 11.9 Å². The first kappa shape index (κ1) is 15.7. The summed E-state index contributed by atoms with van der Waals surface area (Å²) in [6.45, 7) is 2.11. The van der Waals surface area contributed by atoms with Crippen LogP contribution in [0.5, 0.6) is 0 Å². The molecule has 0 fully saturated rings. The fourth-order valence-electron chi connectivity index (χ4n) is 3.78. The van der Waals surface area contributed by atoms with Crippen molar-refractivity contribution in [3.05, 3.63) is 94.9 Å². The van der Waals surface area contributed by atoms with Gasteiger partial charge in [-0.25, -0.2) is 0 Å². The van der Waals surface area contributed by atoms with E-state index in [2.05, 4.69) is 48.5 Å². The van der Waals surface area contributed by atoms with E-state index in [1.165, 1.54) is 22.3 Å². The van der Waals surface area contributed by atoms with Crippen LogP contribution in [0.3, 0.4) is 0 Å². The Bertz CT molecular complexity index is 835. The van der Waals surface area contributed by atoms with E-state index in [1.807, 2.05) is 17.0 Å². The maximum atomic E-state index is 12.6. The molecule has 0 unspecified atom stereocenters. The predicted octanol–water partition coefficient (Wildman–Crippen LogP) is 4.52. The summed E-state index contributed by atoms with van der Waals surface area (Å²) in [5.41, 5.74) is 5.06. The van der Waals surface area contributed by atoms with Gasteiger partial charge in [-0.3, -0.25) is 4.79 Å². The Hall–Kier alpha value is -2.81. The van der Waals surface area contributed by atoms with E-state index in [9.17, 15) is 4.79 Å². The van der Waals surface area contributed by atoms with Crippen LogP contribution in [-0.4, -0.2) is 10.8 Å². The van der Waals surface area contributed by atoms with Gasteiger partial charge in [-0.15, -0.1) is 0 Å². The maximum absolute atomic E-state index is 12.6. The van der Waals surface area contributed by atoms with Gasteiger partial charge in [0.2, 0.25) is 5.91 Å². The minimum absolute atomic E-state index is 0.0490. The van der Waals surface area contributed by atoms with Crippen molar-refractivity contribution in [2.24, 2.45) is 0 Å². The first-order valence-corrected chi connectivity index (χ1v) is 8.69. The average Bonchev–Trinajstić information content (AvgIpc) is 3.08. The molecule has 0 bridgehead atoms. The first-order chi connectivity index (χ1) is 12.2. The number of carbonyl (C=O) groups is 1. The third-order valence-corrected chi connectivity index (χ3v) is 4.99. The molecular formula is C22H21NO2. The quantitative estimate of drug-likeness (QED) is 0.707. The number of hydrogen-bond acceptors (Lipinski definition) is 2. The van der Waals surface area contributed by atoms with E-state index in [4.69, 9.17) is 4.42 Å². The number of fused-ring (bicyclic) bond motifs is 2. The SMILES string of the molecule is CC(=O)N(Cc1ccco1)C1c2ccccc2CCc2ccccc21. The van der Waals surface area contributed by atoms with E-state index in [1.54, 1.807) is 13.2 Å². The standard InChI is InChI=1S/C22H21NO2/c1-16(24)23(15-19-9-6-14-25-19)22-20-10-4-2-7-17(20)12-13-18-8-3-5-11-21(18)22/h2-11,14,22H,12-13,15H2,1H3. The van der Waals surface area contributed by atoms with Crippen LogP contribution >= 0.6 is 0 Å². The minimum Gasteiger partial charge on any atom is -0.467 e. The second-order valence-electron chi connectivity index (χ2n) is 6.53. The Morgan fingerprint density at radius 2 is 1.56 bits per heavy atom. The molecule has 3 nitrogen and oxygen atoms in total. The summed E-state index contributed by atoms with van der Waals surface area (Å²) >= 11 is 0. The van der Waals surface area contributed by atoms with Crippen LogP contribution < -0.4 is 0 Å². The lowest BCUT2D eigenvalue weighted by molar-refractivity contribution is -0.131. The monoisotopic (exact) mass is 331 g/mol. The topological polar surface area (TPSA) is 33.5 Å². The van der Waals surface area contributed by atoms with Crippen molar-refractivity contribution in [1.82, 2.24) is 4.90 Å². The minimum atomic E-state index is -0.0856. The summed E-state index contributed by atoms with van der Waals surface area (Å²) in [6.07, 6.45) is 3.65. The highest BCUT2D eigenvalue weighted by Crippen LogP contribution is 2.37. The Kier molecular flexibility index (Phi) is 4.14. The number of furan rings is 1. The highest BCUT2D eigenvalue weighted by Gasteiger charge is 2.30. The molecule has 1 amide bonds. The molecule has 0 saturated heterocycles. The van der Waals surface area contributed by atoms with Gasteiger partial charge in [0.1, 0.15) is 5.76 Å². The average molecular weight is 331 g/mol. The van der Waals surface area contributed by atoms with Crippen molar-refractivity contribution in [3.8, 4) is 0 Å². The maximum Gasteiger partial charge on any atom is 0.220 e. The number of hydrogen-bond donors (Lipinski definition) is 0. The zero-order chi connectivity index (χ0) is 17.2. The molecule has 0 atom stereocenters. The molecule has 0 radical (unpaired) electrons. The van der Waals surface area contributed by atoms with Gasteiger partial charge < -0.3 is 9.32 Å². The number of nitrogens with zero attached hydrogens (tertiary/aromatic N) is 1. The van der Waals surface area contributed by atoms with Crippen LogP contribution in [0.25, 0.3) is 0 Å². The molecule has 1 aliphatic carbocycles. The second kappa shape index (κ2) is 6.60. The van der Waals surface area contributed by atoms with Gasteiger partial charge in [-0.1, -0.05) is 48.5 Å². The zero-order valence-corrected chi connectivity index (χ0v) is 14.3. The summed E-state index contributed by atoms with van der Waals surface area (Å²) in [5, 5.41) is 0. The third kappa shape index (κ3) is 2.98. The molecule has 1 heterocycles. The van der Waals surface area contributed by atoms with Crippen molar-refractivity contribution in [2.45, 2.75) is 32.4 Å². The van der Waals surface area contributed by atoms with Crippen LogP contribution in [0.1, 0.15) is 41.0 Å². The van der Waals surface area contributed by atoms with Crippen LogP contribution in [0.15, 0.2) is 71.3 Å². The summed E-state index contributed by atoms with van der Waals surface area (Å²) in [7, 11) is 0. The lowest BCUT2D eigenvalue weighted by atomic mass is 9.93. The number of benzene rings is 2. The summed E-state index contributed by atoms with van der Waals surface area (Å²) in [4.78, 5) is 14.5. The highest BCUT2D eigenvalue weighted by molar-refractivity contribution is 5.74. The number of carbonyl (C=O) groups excluding carboxylic acids is 1. The van der Waals surface area contributed by atoms with Gasteiger partial charge in [-0.05, 0) is 47.2 Å². The Morgan fingerprint density at radius 3 is 2.08 bits per heavy atom. The second-order valence-corrected chi connectivity index (χ2v) is 6.53. The van der Waals surface area contributed by atoms with Gasteiger partial charge in [0, 0.05) is 6.92 Å². The lowest BCUT2D eigenvalue weighted by Crippen LogP contribution is -2.33. The zero-order valence-electron chi connectivity index (χ0n) is 14.3. The Morgan fingerprint density at radius 1 is 0.960 bits per heavy atom. The van der Waals surface area contributed by atoms with Gasteiger partial charge in [0.15, 0.2) is 0 Å². The predicted molar refractivity (Wildman–Crippen MR) is 97.1 cm³/mol. The van der Waals surface area contributed by atoms with Crippen molar-refractivity contribution < 1.29 is 9.21 Å². The van der Waals surface area contributed by atoms with E-state index in [0.29, 0.717) is 6.54 Å². The van der Waals surface area contributed by atoms with E-state index >= 15 is 0 Å². The molecule has 0 aliphatic heterocycles. The van der Waals surface area contributed by atoms with Crippen molar-refractivity contribution in [2.75, 3.05) is 0 Å². The van der Waals surface area contributed by atoms with Gasteiger partial charge >= 0.3 is 0 Å². The summed E-state index contributed by atoms with van der Waals surface area (Å²) < 4.78 is 5.52. The van der Waals surface area contributed by atoms with Crippen molar-refractivity contribution in [3.63, 3.8) is 0 Å². The van der Waals surface area contributed by atoms with Crippen LogP contribution in [0.4, 0.5) is 0 Å². The molecule has 3 aromatic rings. The third-order valence-electron chi connectivity index (χ3n) is 4.99. The summed E-state index contributed by atoms with van der Waals surface area (Å²) in [5.74, 6) is 0.849. The van der Waals surface area contributed by atoms with Gasteiger partial charge in [0.05, 0.1) is 18.8 Å². The number of amides is 1. The normalized spacial score (nSPS) is 13.6. The van der Waals surface area contributed by atoms with Gasteiger partial charge in [0.25, 0.3) is 0 Å². The molecule has 4 rings (SSSR count). The van der Waals surface area contributed by atoms with Crippen LogP contribution in [-0.2, 0) is 24.2 Å². The largest absolute Gasteiger partial charge is 0.467 e. The van der Waals surface area contributed by atoms with E-state index < -0.39 is 0 Å². The lowest BCUT2D eigenvalue weighted by Gasteiger charge is -2.32. The highest BCUT2D eigenvalue weighted by atomic mass is 16.3. The molecule has 0 saturated carbocycles. The smallest absolute Gasteiger partial charge is 0.220 e. The summed E-state index contributed by atoms with van der Waals surface area (Å²) in [6, 6.07) is 20.6. The molecule has 3 heteroatoms. The van der Waals surface area contributed by atoms with E-state index in [0.717, 1.165) is 18.6 Å². The molecule has 25 heavy (non-hydrogen) atoms. The van der Waals surface area contributed by atoms with Gasteiger partial charge in [-0.2, -0.15) is 0 Å². The molecule has 1 aliphatic rings. The number of rotatable bonds is 3. The fraction of sp³-hybridized carbons (Fsp3) is 0.227. The molecule has 0 spiro atoms. The molecule has 0 N–H and O–H groups in total. The fourth-order valence-corrected chi connectivity index (χ4v) is 3.78. The van der Waals surface area contributed by atoms with Crippen molar-refractivity contribution in [1.29, 1.82) is 0 Å². The van der Waals surface area contributed by atoms with Crippen LogP contribution in [0.2, 0.25) is 0 Å². The van der Waals surface area contributed by atoms with Crippen LogP contribution in [0, 0.1) is 0 Å².